The van der Waals surface area contributed by atoms with Crippen molar-refractivity contribution in [2.24, 2.45) is 0 Å². The van der Waals surface area contributed by atoms with Gasteiger partial charge < -0.3 is 9.15 Å². The highest BCUT2D eigenvalue weighted by Gasteiger charge is 2.24. The molecule has 1 aromatic heterocycles. The molecule has 1 aliphatic carbocycles. The molecule has 1 saturated carbocycles. The summed E-state index contributed by atoms with van der Waals surface area (Å²) in [5.74, 6) is 0.460. The molecule has 0 spiro atoms. The maximum atomic E-state index is 11.5. The molecule has 2 rings (SSSR count). The minimum absolute atomic E-state index is 0.117. The SMILES string of the molecule is O=C(NC1CC1)c1ccc(OBr)cn1. The first-order chi connectivity index (χ1) is 6.79. The van der Waals surface area contributed by atoms with Gasteiger partial charge in [-0.05, 0) is 25.0 Å². The van der Waals surface area contributed by atoms with Crippen LogP contribution in [-0.4, -0.2) is 16.9 Å². The van der Waals surface area contributed by atoms with Crippen LogP contribution in [0.3, 0.4) is 0 Å². The van der Waals surface area contributed by atoms with Crippen LogP contribution in [-0.2, 0) is 0 Å². The molecule has 0 aliphatic heterocycles. The topological polar surface area (TPSA) is 51.2 Å². The normalized spacial score (nSPS) is 14.9. The number of hydrogen-bond acceptors (Lipinski definition) is 3. The number of aromatic nitrogens is 1. The van der Waals surface area contributed by atoms with Gasteiger partial charge in [-0.1, -0.05) is 0 Å². The molecule has 1 aromatic rings. The van der Waals surface area contributed by atoms with Gasteiger partial charge in [0.25, 0.3) is 5.91 Å². The fourth-order valence-electron chi connectivity index (χ4n) is 1.05. The smallest absolute Gasteiger partial charge is 0.270 e. The molecule has 0 saturated heterocycles. The Morgan fingerprint density at radius 2 is 2.36 bits per heavy atom. The van der Waals surface area contributed by atoms with Gasteiger partial charge in [-0.25, -0.2) is 4.98 Å². The number of pyridine rings is 1. The second kappa shape index (κ2) is 3.96. The number of carbonyl (C=O) groups is 1. The number of nitrogens with zero attached hydrogens (tertiary/aromatic N) is 1. The summed E-state index contributed by atoms with van der Waals surface area (Å²) in [5, 5.41) is 2.85. The van der Waals surface area contributed by atoms with Crippen molar-refractivity contribution in [3.8, 4) is 5.75 Å². The van der Waals surface area contributed by atoms with Crippen LogP contribution in [0.1, 0.15) is 23.3 Å². The molecule has 4 nitrogen and oxygen atoms in total. The molecule has 14 heavy (non-hydrogen) atoms. The second-order valence-corrected chi connectivity index (χ2v) is 3.53. The van der Waals surface area contributed by atoms with Crippen molar-refractivity contribution >= 4 is 22.2 Å². The Morgan fingerprint density at radius 3 is 2.86 bits per heavy atom. The van der Waals surface area contributed by atoms with Gasteiger partial charge in [-0.15, -0.1) is 0 Å². The van der Waals surface area contributed by atoms with E-state index in [-0.39, 0.29) is 5.91 Å². The van der Waals surface area contributed by atoms with E-state index in [0.29, 0.717) is 17.5 Å². The highest BCUT2D eigenvalue weighted by molar-refractivity contribution is 9.06. The highest BCUT2D eigenvalue weighted by Crippen LogP contribution is 2.19. The molecule has 0 radical (unpaired) electrons. The van der Waals surface area contributed by atoms with Gasteiger partial charge in [0.1, 0.15) is 5.69 Å². The van der Waals surface area contributed by atoms with Crippen LogP contribution < -0.4 is 9.15 Å². The molecule has 0 atom stereocenters. The van der Waals surface area contributed by atoms with E-state index in [1.54, 1.807) is 12.1 Å². The van der Waals surface area contributed by atoms with E-state index in [1.807, 2.05) is 0 Å². The minimum atomic E-state index is -0.117. The number of nitrogens with one attached hydrogen (secondary N) is 1. The molecule has 74 valence electrons. The Balaban J connectivity index is 2.03. The fourth-order valence-corrected chi connectivity index (χ4v) is 1.24. The number of carbonyl (C=O) groups excluding carboxylic acids is 1. The molecule has 0 aromatic carbocycles. The first-order valence-corrected chi connectivity index (χ1v) is 5.00. The Morgan fingerprint density at radius 1 is 1.57 bits per heavy atom. The van der Waals surface area contributed by atoms with Crippen molar-refractivity contribution in [2.45, 2.75) is 18.9 Å². The quantitative estimate of drug-likeness (QED) is 0.895. The van der Waals surface area contributed by atoms with Crippen LogP contribution in [0.4, 0.5) is 0 Å². The average Bonchev–Trinajstić information content (AvgIpc) is 3.02. The molecule has 5 heteroatoms. The van der Waals surface area contributed by atoms with Gasteiger partial charge in [0, 0.05) is 6.04 Å². The van der Waals surface area contributed by atoms with Gasteiger partial charge in [0.15, 0.2) is 22.0 Å². The lowest BCUT2D eigenvalue weighted by molar-refractivity contribution is 0.0946. The summed E-state index contributed by atoms with van der Waals surface area (Å²) in [6.07, 6.45) is 3.65. The Kier molecular flexibility index (Phi) is 2.67. The van der Waals surface area contributed by atoms with Crippen LogP contribution in [0.25, 0.3) is 0 Å². The van der Waals surface area contributed by atoms with Crippen molar-refractivity contribution in [1.29, 1.82) is 0 Å². The molecule has 1 heterocycles. The average molecular weight is 257 g/mol. The molecule has 1 amide bonds. The van der Waals surface area contributed by atoms with E-state index in [9.17, 15) is 4.79 Å². The molecule has 0 bridgehead atoms. The van der Waals surface area contributed by atoms with E-state index in [4.69, 9.17) is 3.83 Å². The lowest BCUT2D eigenvalue weighted by Gasteiger charge is -2.02. The number of amides is 1. The van der Waals surface area contributed by atoms with Gasteiger partial charge in [-0.2, -0.15) is 0 Å². The lowest BCUT2D eigenvalue weighted by Crippen LogP contribution is -2.26. The number of halogens is 1. The first kappa shape index (κ1) is 9.45. The zero-order chi connectivity index (χ0) is 9.97. The Labute approximate surface area is 90.1 Å². The molecular formula is C9H9BrN2O2. The molecule has 0 unspecified atom stereocenters. The third-order valence-electron chi connectivity index (χ3n) is 1.97. The second-order valence-electron chi connectivity index (χ2n) is 3.20. The Hall–Kier alpha value is -1.10. The minimum Gasteiger partial charge on any atom is -0.416 e. The molecule has 1 N–H and O–H groups in total. The largest absolute Gasteiger partial charge is 0.416 e. The molecule has 1 fully saturated rings. The fraction of sp³-hybridized carbons (Fsp3) is 0.333. The zero-order valence-electron chi connectivity index (χ0n) is 7.37. The third-order valence-corrected chi connectivity index (χ3v) is 2.34. The van der Waals surface area contributed by atoms with Gasteiger partial charge >= 0.3 is 0 Å². The highest BCUT2D eigenvalue weighted by atomic mass is 79.9. The van der Waals surface area contributed by atoms with Crippen molar-refractivity contribution < 1.29 is 8.62 Å². The third kappa shape index (κ3) is 2.23. The van der Waals surface area contributed by atoms with Crippen molar-refractivity contribution in [1.82, 2.24) is 10.3 Å². The number of hydrogen-bond donors (Lipinski definition) is 1. The van der Waals surface area contributed by atoms with E-state index in [2.05, 4.69) is 26.6 Å². The van der Waals surface area contributed by atoms with E-state index < -0.39 is 0 Å². The van der Waals surface area contributed by atoms with Crippen LogP contribution in [0, 0.1) is 0 Å². The van der Waals surface area contributed by atoms with Crippen LogP contribution >= 0.6 is 16.3 Å². The maximum Gasteiger partial charge on any atom is 0.270 e. The van der Waals surface area contributed by atoms with Crippen molar-refractivity contribution in [3.63, 3.8) is 0 Å². The summed E-state index contributed by atoms with van der Waals surface area (Å²) in [5.41, 5.74) is 0.421. The van der Waals surface area contributed by atoms with E-state index in [1.165, 1.54) is 6.20 Å². The lowest BCUT2D eigenvalue weighted by atomic mass is 10.3. The summed E-state index contributed by atoms with van der Waals surface area (Å²) in [7, 11) is 0. The molecule has 1 aliphatic rings. The van der Waals surface area contributed by atoms with Crippen molar-refractivity contribution in [2.75, 3.05) is 0 Å². The van der Waals surface area contributed by atoms with Crippen LogP contribution in [0.5, 0.6) is 5.75 Å². The Bertz CT molecular complexity index is 335. The van der Waals surface area contributed by atoms with Crippen LogP contribution in [0.15, 0.2) is 18.3 Å². The summed E-state index contributed by atoms with van der Waals surface area (Å²) in [6, 6.07) is 3.68. The predicted molar refractivity (Wildman–Crippen MR) is 54.3 cm³/mol. The summed E-state index contributed by atoms with van der Waals surface area (Å²) in [6.45, 7) is 0. The summed E-state index contributed by atoms with van der Waals surface area (Å²) < 4.78 is 4.76. The van der Waals surface area contributed by atoms with Gasteiger partial charge in [0.05, 0.1) is 6.20 Å². The number of rotatable bonds is 3. The standard InChI is InChI=1S/C9H9BrN2O2/c10-14-7-3-4-8(11-5-7)9(13)12-6-1-2-6/h3-6H,1-2H2,(H,12,13). The summed E-state index contributed by atoms with van der Waals surface area (Å²) >= 11 is 2.83. The maximum absolute atomic E-state index is 11.5. The summed E-state index contributed by atoms with van der Waals surface area (Å²) in [4.78, 5) is 15.4. The predicted octanol–water partition coefficient (Wildman–Crippen LogP) is 1.66. The molecular weight excluding hydrogens is 248 g/mol. The van der Waals surface area contributed by atoms with E-state index in [0.717, 1.165) is 12.8 Å². The first-order valence-electron chi connectivity index (χ1n) is 4.35. The van der Waals surface area contributed by atoms with Crippen molar-refractivity contribution in [3.05, 3.63) is 24.0 Å². The monoisotopic (exact) mass is 256 g/mol. The van der Waals surface area contributed by atoms with Crippen LogP contribution in [0.2, 0.25) is 0 Å². The van der Waals surface area contributed by atoms with Gasteiger partial charge in [-0.3, -0.25) is 4.79 Å². The zero-order valence-corrected chi connectivity index (χ0v) is 8.95. The van der Waals surface area contributed by atoms with Gasteiger partial charge in [0.2, 0.25) is 0 Å². The van der Waals surface area contributed by atoms with E-state index >= 15 is 0 Å².